The minimum absolute atomic E-state index is 0.134. The molecule has 90 valence electrons. The highest BCUT2D eigenvalue weighted by Crippen LogP contribution is 2.25. The normalized spacial score (nSPS) is 9.72. The van der Waals surface area contributed by atoms with Crippen molar-refractivity contribution in [3.8, 4) is 17.6 Å². The summed E-state index contributed by atoms with van der Waals surface area (Å²) in [5.41, 5.74) is 2.27. The Morgan fingerprint density at radius 2 is 1.89 bits per heavy atom. The highest BCUT2D eigenvalue weighted by molar-refractivity contribution is 5.50. The van der Waals surface area contributed by atoms with Gasteiger partial charge in [-0.25, -0.2) is 0 Å². The molecule has 0 saturated heterocycles. The fourth-order valence-corrected chi connectivity index (χ4v) is 1.58. The molecule has 0 spiro atoms. The third-order valence-corrected chi connectivity index (χ3v) is 2.53. The topological polar surface area (TPSA) is 76.3 Å². The fourth-order valence-electron chi connectivity index (χ4n) is 1.58. The van der Waals surface area contributed by atoms with Crippen LogP contribution in [0.2, 0.25) is 0 Å². The zero-order chi connectivity index (χ0) is 13.0. The van der Waals surface area contributed by atoms with E-state index >= 15 is 0 Å². The van der Waals surface area contributed by atoms with Crippen LogP contribution in [0.3, 0.4) is 0 Å². The van der Waals surface area contributed by atoms with Crippen molar-refractivity contribution in [3.05, 3.63) is 53.6 Å². The molecule has 2 aromatic carbocycles. The Morgan fingerprint density at radius 1 is 1.06 bits per heavy atom. The van der Waals surface area contributed by atoms with Gasteiger partial charge in [-0.1, -0.05) is 12.1 Å². The van der Waals surface area contributed by atoms with Crippen molar-refractivity contribution < 1.29 is 10.2 Å². The number of anilines is 1. The summed E-state index contributed by atoms with van der Waals surface area (Å²) in [6.45, 7) is 0.503. The first-order chi connectivity index (χ1) is 8.69. The van der Waals surface area contributed by atoms with E-state index < -0.39 is 0 Å². The van der Waals surface area contributed by atoms with Crippen LogP contribution in [0.1, 0.15) is 11.1 Å². The Balaban J connectivity index is 2.07. The van der Waals surface area contributed by atoms with Crippen molar-refractivity contribution in [2.24, 2.45) is 0 Å². The highest BCUT2D eigenvalue weighted by Gasteiger charge is 2.01. The van der Waals surface area contributed by atoms with Gasteiger partial charge >= 0.3 is 0 Å². The van der Waals surface area contributed by atoms with Gasteiger partial charge in [-0.3, -0.25) is 0 Å². The predicted octanol–water partition coefficient (Wildman–Crippen LogP) is 2.58. The van der Waals surface area contributed by atoms with Gasteiger partial charge in [-0.05, 0) is 35.9 Å². The monoisotopic (exact) mass is 240 g/mol. The van der Waals surface area contributed by atoms with Crippen molar-refractivity contribution in [2.45, 2.75) is 6.54 Å². The summed E-state index contributed by atoms with van der Waals surface area (Å²) in [5, 5.41) is 30.5. The summed E-state index contributed by atoms with van der Waals surface area (Å²) in [5.74, 6) is -0.273. The maximum absolute atomic E-state index is 9.36. The quantitative estimate of drug-likeness (QED) is 0.721. The Kier molecular flexibility index (Phi) is 3.35. The van der Waals surface area contributed by atoms with Crippen LogP contribution < -0.4 is 5.32 Å². The number of aromatic hydroxyl groups is 2. The van der Waals surface area contributed by atoms with E-state index in [0.717, 1.165) is 11.3 Å². The molecule has 0 unspecified atom stereocenters. The fraction of sp³-hybridized carbons (Fsp3) is 0.0714. The number of hydrogen-bond acceptors (Lipinski definition) is 4. The van der Waals surface area contributed by atoms with Crippen LogP contribution in [0, 0.1) is 11.3 Å². The molecule has 0 aromatic heterocycles. The molecule has 0 atom stereocenters. The number of phenols is 2. The van der Waals surface area contributed by atoms with E-state index in [1.807, 2.05) is 6.07 Å². The second-order valence-corrected chi connectivity index (χ2v) is 3.87. The number of nitrogens with one attached hydrogen (secondary N) is 1. The van der Waals surface area contributed by atoms with Crippen LogP contribution in [0.25, 0.3) is 0 Å². The second kappa shape index (κ2) is 5.11. The van der Waals surface area contributed by atoms with Crippen LogP contribution in [-0.4, -0.2) is 10.2 Å². The molecule has 0 aliphatic heterocycles. The minimum Gasteiger partial charge on any atom is -0.504 e. The molecule has 0 aliphatic carbocycles. The molecule has 0 bridgehead atoms. The van der Waals surface area contributed by atoms with Crippen molar-refractivity contribution in [2.75, 3.05) is 5.32 Å². The van der Waals surface area contributed by atoms with Crippen LogP contribution in [0.5, 0.6) is 11.5 Å². The Hall–Kier alpha value is -2.67. The van der Waals surface area contributed by atoms with Crippen LogP contribution in [0.4, 0.5) is 5.69 Å². The standard InChI is InChI=1S/C14H12N2O2/c15-8-10-2-1-3-12(6-10)16-9-11-4-5-13(17)14(18)7-11/h1-7,16-18H,9H2. The number of rotatable bonds is 3. The molecule has 4 heteroatoms. The van der Waals surface area contributed by atoms with E-state index in [4.69, 9.17) is 5.26 Å². The average Bonchev–Trinajstić information content (AvgIpc) is 2.40. The van der Waals surface area contributed by atoms with Crippen molar-refractivity contribution >= 4 is 5.69 Å². The molecule has 0 amide bonds. The highest BCUT2D eigenvalue weighted by atomic mass is 16.3. The van der Waals surface area contributed by atoms with Gasteiger partial charge in [0.15, 0.2) is 11.5 Å². The van der Waals surface area contributed by atoms with E-state index in [1.165, 1.54) is 12.1 Å². The number of nitrogens with zero attached hydrogens (tertiary/aromatic N) is 1. The lowest BCUT2D eigenvalue weighted by molar-refractivity contribution is 0.403. The van der Waals surface area contributed by atoms with Crippen LogP contribution >= 0.6 is 0 Å². The first-order valence-electron chi connectivity index (χ1n) is 5.44. The van der Waals surface area contributed by atoms with E-state index in [9.17, 15) is 10.2 Å². The molecule has 2 rings (SSSR count). The number of nitriles is 1. The largest absolute Gasteiger partial charge is 0.504 e. The van der Waals surface area contributed by atoms with Gasteiger partial charge in [-0.2, -0.15) is 5.26 Å². The maximum atomic E-state index is 9.36. The van der Waals surface area contributed by atoms with Gasteiger partial charge in [0, 0.05) is 12.2 Å². The first kappa shape index (κ1) is 11.8. The summed E-state index contributed by atoms with van der Waals surface area (Å²) in [7, 11) is 0. The average molecular weight is 240 g/mol. The van der Waals surface area contributed by atoms with E-state index in [2.05, 4.69) is 11.4 Å². The molecule has 3 N–H and O–H groups in total. The maximum Gasteiger partial charge on any atom is 0.157 e. The SMILES string of the molecule is N#Cc1cccc(NCc2ccc(O)c(O)c2)c1. The van der Waals surface area contributed by atoms with Gasteiger partial charge in [0.05, 0.1) is 11.6 Å². The van der Waals surface area contributed by atoms with E-state index in [1.54, 1.807) is 24.3 Å². The summed E-state index contributed by atoms with van der Waals surface area (Å²) in [4.78, 5) is 0. The number of hydrogen-bond donors (Lipinski definition) is 3. The molecule has 0 heterocycles. The molecule has 2 aromatic rings. The molecular formula is C14H12N2O2. The predicted molar refractivity (Wildman–Crippen MR) is 68.3 cm³/mol. The van der Waals surface area contributed by atoms with Gasteiger partial charge < -0.3 is 15.5 Å². The van der Waals surface area contributed by atoms with Gasteiger partial charge in [0.25, 0.3) is 0 Å². The van der Waals surface area contributed by atoms with Gasteiger partial charge in [-0.15, -0.1) is 0 Å². The smallest absolute Gasteiger partial charge is 0.157 e. The molecule has 18 heavy (non-hydrogen) atoms. The molecule has 0 fully saturated rings. The molecular weight excluding hydrogens is 228 g/mol. The Bertz CT molecular complexity index is 603. The van der Waals surface area contributed by atoms with Crippen LogP contribution in [0.15, 0.2) is 42.5 Å². The Labute approximate surface area is 105 Å². The van der Waals surface area contributed by atoms with Crippen molar-refractivity contribution in [1.82, 2.24) is 0 Å². The Morgan fingerprint density at radius 3 is 2.61 bits per heavy atom. The summed E-state index contributed by atoms with van der Waals surface area (Å²) in [6, 6.07) is 13.9. The van der Waals surface area contributed by atoms with E-state index in [-0.39, 0.29) is 11.5 Å². The van der Waals surface area contributed by atoms with Crippen molar-refractivity contribution in [3.63, 3.8) is 0 Å². The minimum atomic E-state index is -0.139. The number of benzene rings is 2. The molecule has 4 nitrogen and oxygen atoms in total. The zero-order valence-electron chi connectivity index (χ0n) is 9.59. The first-order valence-corrected chi connectivity index (χ1v) is 5.44. The lowest BCUT2D eigenvalue weighted by atomic mass is 10.2. The lowest BCUT2D eigenvalue weighted by Crippen LogP contribution is -1.99. The van der Waals surface area contributed by atoms with E-state index in [0.29, 0.717) is 12.1 Å². The third kappa shape index (κ3) is 2.71. The number of phenolic OH excluding ortho intramolecular Hbond substituents is 2. The lowest BCUT2D eigenvalue weighted by Gasteiger charge is -2.07. The summed E-state index contributed by atoms with van der Waals surface area (Å²) in [6.07, 6.45) is 0. The molecule has 0 aliphatic rings. The molecule has 0 saturated carbocycles. The second-order valence-electron chi connectivity index (χ2n) is 3.87. The zero-order valence-corrected chi connectivity index (χ0v) is 9.59. The van der Waals surface area contributed by atoms with Crippen molar-refractivity contribution in [1.29, 1.82) is 5.26 Å². The summed E-state index contributed by atoms with van der Waals surface area (Å²) >= 11 is 0. The van der Waals surface area contributed by atoms with Gasteiger partial charge in [0.1, 0.15) is 0 Å². The van der Waals surface area contributed by atoms with Crippen LogP contribution in [-0.2, 0) is 6.54 Å². The molecule has 0 radical (unpaired) electrons. The third-order valence-electron chi connectivity index (χ3n) is 2.53. The van der Waals surface area contributed by atoms with Gasteiger partial charge in [0.2, 0.25) is 0 Å². The summed E-state index contributed by atoms with van der Waals surface area (Å²) < 4.78 is 0.